The van der Waals surface area contributed by atoms with Crippen LogP contribution < -0.4 is 10.2 Å². The van der Waals surface area contributed by atoms with Crippen LogP contribution in [0.25, 0.3) is 0 Å². The third-order valence-corrected chi connectivity index (χ3v) is 4.93. The number of rotatable bonds is 6. The van der Waals surface area contributed by atoms with E-state index in [2.05, 4.69) is 15.4 Å². The van der Waals surface area contributed by atoms with Crippen molar-refractivity contribution in [3.05, 3.63) is 72.2 Å². The first-order chi connectivity index (χ1) is 14.5. The molecule has 3 heterocycles. The van der Waals surface area contributed by atoms with Gasteiger partial charge < -0.3 is 10.2 Å². The van der Waals surface area contributed by atoms with Crippen molar-refractivity contribution in [1.82, 2.24) is 14.8 Å². The molecule has 1 unspecified atom stereocenters. The van der Waals surface area contributed by atoms with Crippen LogP contribution >= 0.6 is 0 Å². The Kier molecular flexibility index (Phi) is 5.51. The second kappa shape index (κ2) is 8.40. The highest BCUT2D eigenvalue weighted by Crippen LogP contribution is 2.27. The van der Waals surface area contributed by atoms with Crippen molar-refractivity contribution >= 4 is 23.3 Å². The Bertz CT molecular complexity index is 1050. The molecular formula is C21H19F2N5O2. The van der Waals surface area contributed by atoms with Gasteiger partial charge in [-0.1, -0.05) is 0 Å². The zero-order valence-electron chi connectivity index (χ0n) is 16.0. The number of aryl methyl sites for hydroxylation is 2. The third-order valence-electron chi connectivity index (χ3n) is 4.93. The second-order valence-electron chi connectivity index (χ2n) is 7.09. The molecule has 1 aliphatic heterocycles. The summed E-state index contributed by atoms with van der Waals surface area (Å²) >= 11 is 0. The van der Waals surface area contributed by atoms with E-state index in [1.165, 1.54) is 4.90 Å². The van der Waals surface area contributed by atoms with Crippen LogP contribution in [0.2, 0.25) is 0 Å². The first-order valence-electron chi connectivity index (χ1n) is 9.47. The van der Waals surface area contributed by atoms with E-state index in [0.717, 1.165) is 30.2 Å². The van der Waals surface area contributed by atoms with E-state index < -0.39 is 17.6 Å². The molecule has 1 fully saturated rings. The van der Waals surface area contributed by atoms with Crippen LogP contribution in [-0.2, 0) is 22.6 Å². The highest BCUT2D eigenvalue weighted by Gasteiger charge is 2.35. The number of anilines is 2. The lowest BCUT2D eigenvalue weighted by atomic mass is 10.1. The monoisotopic (exact) mass is 411 g/mol. The van der Waals surface area contributed by atoms with Gasteiger partial charge in [0, 0.05) is 55.9 Å². The van der Waals surface area contributed by atoms with Crippen molar-refractivity contribution in [1.29, 1.82) is 0 Å². The van der Waals surface area contributed by atoms with Gasteiger partial charge in [-0.05, 0) is 36.2 Å². The highest BCUT2D eigenvalue weighted by atomic mass is 19.1. The maximum absolute atomic E-state index is 13.5. The van der Waals surface area contributed by atoms with Gasteiger partial charge in [0.15, 0.2) is 5.82 Å². The van der Waals surface area contributed by atoms with Gasteiger partial charge in [0.2, 0.25) is 11.8 Å². The molecule has 1 aromatic carbocycles. The summed E-state index contributed by atoms with van der Waals surface area (Å²) in [6.45, 7) is 0.691. The molecule has 1 N–H and O–H groups in total. The minimum Gasteiger partial charge on any atom is -0.311 e. The van der Waals surface area contributed by atoms with Crippen LogP contribution in [0.1, 0.15) is 12.0 Å². The Morgan fingerprint density at radius 2 is 1.87 bits per heavy atom. The number of nitrogens with zero attached hydrogens (tertiary/aromatic N) is 4. The van der Waals surface area contributed by atoms with Gasteiger partial charge in [-0.2, -0.15) is 5.10 Å². The molecule has 9 heteroatoms. The molecule has 1 aliphatic rings. The van der Waals surface area contributed by atoms with E-state index in [0.29, 0.717) is 12.4 Å². The molecular weight excluding hydrogens is 392 g/mol. The third kappa shape index (κ3) is 4.51. The predicted molar refractivity (Wildman–Crippen MR) is 106 cm³/mol. The van der Waals surface area contributed by atoms with Crippen molar-refractivity contribution in [2.45, 2.75) is 19.4 Å². The van der Waals surface area contributed by atoms with Crippen LogP contribution in [0.4, 0.5) is 20.3 Å². The van der Waals surface area contributed by atoms with Crippen molar-refractivity contribution in [2.24, 2.45) is 5.92 Å². The predicted octanol–water partition coefficient (Wildman–Crippen LogP) is 2.79. The van der Waals surface area contributed by atoms with Gasteiger partial charge in [-0.25, -0.2) is 8.78 Å². The Balaban J connectivity index is 1.35. The Labute approximate surface area is 171 Å². The fourth-order valence-electron chi connectivity index (χ4n) is 3.40. The van der Waals surface area contributed by atoms with E-state index in [4.69, 9.17) is 0 Å². The van der Waals surface area contributed by atoms with Gasteiger partial charge in [0.25, 0.3) is 0 Å². The SMILES string of the molecule is O=C(Nc1ccn(CCc2ccncc2)n1)C1CC(=O)N(c2cc(F)cc(F)c2)C1. The molecule has 2 amide bonds. The van der Waals surface area contributed by atoms with E-state index in [9.17, 15) is 18.4 Å². The molecule has 2 aromatic heterocycles. The smallest absolute Gasteiger partial charge is 0.231 e. The first kappa shape index (κ1) is 19.7. The van der Waals surface area contributed by atoms with Crippen LogP contribution in [0.15, 0.2) is 55.0 Å². The number of hydrogen-bond acceptors (Lipinski definition) is 4. The number of carbonyl (C=O) groups excluding carboxylic acids is 2. The number of hydrogen-bond donors (Lipinski definition) is 1. The van der Waals surface area contributed by atoms with Crippen molar-refractivity contribution < 1.29 is 18.4 Å². The summed E-state index contributed by atoms with van der Waals surface area (Å²) < 4.78 is 28.6. The molecule has 0 bridgehead atoms. The van der Waals surface area contributed by atoms with Gasteiger partial charge >= 0.3 is 0 Å². The molecule has 1 saturated heterocycles. The summed E-state index contributed by atoms with van der Waals surface area (Å²) in [5.41, 5.74) is 1.23. The zero-order valence-corrected chi connectivity index (χ0v) is 16.0. The van der Waals surface area contributed by atoms with Crippen LogP contribution in [0, 0.1) is 17.6 Å². The fourth-order valence-corrected chi connectivity index (χ4v) is 3.40. The maximum Gasteiger partial charge on any atom is 0.231 e. The van der Waals surface area contributed by atoms with E-state index in [1.54, 1.807) is 29.3 Å². The zero-order chi connectivity index (χ0) is 21.1. The second-order valence-corrected chi connectivity index (χ2v) is 7.09. The summed E-state index contributed by atoms with van der Waals surface area (Å²) in [7, 11) is 0. The Hall–Kier alpha value is -3.62. The van der Waals surface area contributed by atoms with Gasteiger partial charge in [-0.15, -0.1) is 0 Å². The maximum atomic E-state index is 13.5. The lowest BCUT2D eigenvalue weighted by molar-refractivity contribution is -0.122. The lowest BCUT2D eigenvalue weighted by Gasteiger charge is -2.16. The average Bonchev–Trinajstić information content (AvgIpc) is 3.33. The first-order valence-corrected chi connectivity index (χ1v) is 9.47. The largest absolute Gasteiger partial charge is 0.311 e. The van der Waals surface area contributed by atoms with Gasteiger partial charge in [0.05, 0.1) is 5.92 Å². The summed E-state index contributed by atoms with van der Waals surface area (Å²) in [5.74, 6) is -2.51. The molecule has 0 aliphatic carbocycles. The number of halogens is 2. The van der Waals surface area contributed by atoms with Crippen LogP contribution in [0.5, 0.6) is 0 Å². The summed E-state index contributed by atoms with van der Waals surface area (Å²) in [6.07, 6.45) is 5.96. The number of carbonyl (C=O) groups is 2. The molecule has 1 atom stereocenters. The summed E-state index contributed by atoms with van der Waals surface area (Å²) in [6, 6.07) is 8.43. The molecule has 0 saturated carbocycles. The lowest BCUT2D eigenvalue weighted by Crippen LogP contribution is -2.28. The summed E-state index contributed by atoms with van der Waals surface area (Å²) in [4.78, 5) is 30.0. The molecule has 0 spiro atoms. The molecule has 4 rings (SSSR count). The minimum absolute atomic E-state index is 0.0350. The molecule has 3 aromatic rings. The number of nitrogens with one attached hydrogen (secondary N) is 1. The normalized spacial score (nSPS) is 16.1. The standard InChI is InChI=1S/C21H19F2N5O2/c22-16-10-17(23)12-18(11-16)28-13-15(9-20(28)29)21(30)25-19-4-8-27(26-19)7-3-14-1-5-24-6-2-14/h1-2,4-6,8,10-12,15H,3,7,9,13H2,(H,25,26,30). The summed E-state index contributed by atoms with van der Waals surface area (Å²) in [5, 5.41) is 7.04. The number of amides is 2. The molecule has 0 radical (unpaired) electrons. The quantitative estimate of drug-likeness (QED) is 0.677. The Morgan fingerprint density at radius 1 is 1.13 bits per heavy atom. The molecule has 154 valence electrons. The van der Waals surface area contributed by atoms with E-state index in [1.807, 2.05) is 12.1 Å². The van der Waals surface area contributed by atoms with Crippen LogP contribution in [0.3, 0.4) is 0 Å². The average molecular weight is 411 g/mol. The van der Waals surface area contributed by atoms with E-state index >= 15 is 0 Å². The van der Waals surface area contributed by atoms with E-state index in [-0.39, 0.29) is 30.5 Å². The fraction of sp³-hybridized carbons (Fsp3) is 0.238. The van der Waals surface area contributed by atoms with Crippen molar-refractivity contribution in [3.8, 4) is 0 Å². The minimum atomic E-state index is -0.775. The molecule has 30 heavy (non-hydrogen) atoms. The van der Waals surface area contributed by atoms with Crippen molar-refractivity contribution in [2.75, 3.05) is 16.8 Å². The molecule has 7 nitrogen and oxygen atoms in total. The van der Waals surface area contributed by atoms with Crippen LogP contribution in [-0.4, -0.2) is 33.1 Å². The topological polar surface area (TPSA) is 80.1 Å². The van der Waals surface area contributed by atoms with Gasteiger partial charge in [-0.3, -0.25) is 19.3 Å². The number of pyridine rings is 1. The number of aromatic nitrogens is 3. The van der Waals surface area contributed by atoms with Crippen molar-refractivity contribution in [3.63, 3.8) is 0 Å². The van der Waals surface area contributed by atoms with Gasteiger partial charge in [0.1, 0.15) is 11.6 Å². The number of benzene rings is 1. The highest BCUT2D eigenvalue weighted by molar-refractivity contribution is 6.03. The Morgan fingerprint density at radius 3 is 2.60 bits per heavy atom.